The number of nitrogens with zero attached hydrogens (tertiary/aromatic N) is 3. The zero-order valence-corrected chi connectivity index (χ0v) is 17.8. The summed E-state index contributed by atoms with van der Waals surface area (Å²) in [5.74, 6) is 0.655. The first-order chi connectivity index (χ1) is 14.2. The molecule has 0 radical (unpaired) electrons. The predicted octanol–water partition coefficient (Wildman–Crippen LogP) is 3.77. The van der Waals surface area contributed by atoms with Crippen molar-refractivity contribution in [3.8, 4) is 5.88 Å². The Morgan fingerprint density at radius 1 is 1.14 bits per heavy atom. The van der Waals surface area contributed by atoms with Crippen LogP contribution in [0, 0.1) is 0 Å². The lowest BCUT2D eigenvalue weighted by molar-refractivity contribution is -0.118. The predicted molar refractivity (Wildman–Crippen MR) is 114 cm³/mol. The number of carbonyl (C=O) groups is 1. The molecule has 2 aliphatic carbocycles. The lowest BCUT2D eigenvalue weighted by atomic mass is 9.90. The Morgan fingerprint density at radius 2 is 1.93 bits per heavy atom. The van der Waals surface area contributed by atoms with E-state index in [-0.39, 0.29) is 17.9 Å². The summed E-state index contributed by atoms with van der Waals surface area (Å²) in [6.45, 7) is 2.54. The minimum atomic E-state index is -0.238. The molecule has 2 aromatic rings. The number of amides is 1. The fourth-order valence-electron chi connectivity index (χ4n) is 5.55. The second-order valence-electron chi connectivity index (χ2n) is 8.85. The van der Waals surface area contributed by atoms with Crippen LogP contribution in [0.1, 0.15) is 74.1 Å². The molecule has 1 aliphatic heterocycles. The van der Waals surface area contributed by atoms with Crippen LogP contribution in [0.25, 0.3) is 10.2 Å². The van der Waals surface area contributed by atoms with Gasteiger partial charge in [-0.3, -0.25) is 4.79 Å². The molecule has 6 nitrogen and oxygen atoms in total. The highest BCUT2D eigenvalue weighted by molar-refractivity contribution is 7.19. The highest BCUT2D eigenvalue weighted by atomic mass is 32.1. The monoisotopic (exact) mass is 414 g/mol. The number of piperidine rings is 1. The summed E-state index contributed by atoms with van der Waals surface area (Å²) >= 11 is 1.72. The molecule has 0 bridgehead atoms. The van der Waals surface area contributed by atoms with E-state index < -0.39 is 0 Å². The second kappa shape index (κ2) is 8.19. The maximum Gasteiger partial charge on any atom is 0.225 e. The van der Waals surface area contributed by atoms with Crippen LogP contribution in [0.2, 0.25) is 0 Å². The number of ether oxygens (including phenoxy) is 1. The summed E-state index contributed by atoms with van der Waals surface area (Å²) in [5, 5.41) is 1.04. The maximum atomic E-state index is 11.5. The number of hydrogen-bond acceptors (Lipinski definition) is 6. The average molecular weight is 415 g/mol. The van der Waals surface area contributed by atoms with E-state index in [1.165, 1.54) is 55.6 Å². The molecule has 1 amide bonds. The number of aromatic nitrogens is 2. The first-order valence-electron chi connectivity index (χ1n) is 11.1. The van der Waals surface area contributed by atoms with Crippen molar-refractivity contribution < 1.29 is 9.53 Å². The maximum absolute atomic E-state index is 11.5. The lowest BCUT2D eigenvalue weighted by Gasteiger charge is -2.38. The third-order valence-corrected chi connectivity index (χ3v) is 8.15. The van der Waals surface area contributed by atoms with Crippen LogP contribution in [-0.2, 0) is 11.2 Å². The number of primary amides is 1. The van der Waals surface area contributed by atoms with Gasteiger partial charge in [-0.15, -0.1) is 11.3 Å². The number of nitrogens with two attached hydrogens (primary N) is 1. The van der Waals surface area contributed by atoms with Crippen LogP contribution in [0.4, 0.5) is 0 Å². The molecule has 0 aromatic carbocycles. The number of thiophene rings is 1. The number of likely N-dealkylation sites (tertiary alicyclic amines) is 1. The van der Waals surface area contributed by atoms with Crippen LogP contribution in [-0.4, -0.2) is 46.0 Å². The van der Waals surface area contributed by atoms with Gasteiger partial charge in [-0.2, -0.15) is 0 Å². The summed E-state index contributed by atoms with van der Waals surface area (Å²) < 4.78 is 6.46. The van der Waals surface area contributed by atoms with Crippen LogP contribution in [0.5, 0.6) is 5.88 Å². The van der Waals surface area contributed by atoms with Crippen LogP contribution in [0.15, 0.2) is 6.33 Å². The highest BCUT2D eigenvalue weighted by Crippen LogP contribution is 2.47. The zero-order valence-electron chi connectivity index (χ0n) is 16.9. The quantitative estimate of drug-likeness (QED) is 0.805. The van der Waals surface area contributed by atoms with Gasteiger partial charge in [0.25, 0.3) is 0 Å². The Hall–Kier alpha value is -1.73. The van der Waals surface area contributed by atoms with Crippen LogP contribution >= 0.6 is 11.3 Å². The van der Waals surface area contributed by atoms with Gasteiger partial charge in [0.05, 0.1) is 5.39 Å². The molecule has 3 heterocycles. The van der Waals surface area contributed by atoms with Crippen molar-refractivity contribution in [2.24, 2.45) is 5.73 Å². The first kappa shape index (κ1) is 19.2. The van der Waals surface area contributed by atoms with Crippen molar-refractivity contribution in [1.29, 1.82) is 0 Å². The Labute approximate surface area is 175 Å². The fourth-order valence-corrected chi connectivity index (χ4v) is 6.78. The summed E-state index contributed by atoms with van der Waals surface area (Å²) in [7, 11) is 0. The SMILES string of the molecule is NC(=O)C[C@H]1CCc2sc3ncnc(O[C@H]4CC[C@H](N5CCCCC5)CC4)c3c21. The molecule has 3 aliphatic rings. The van der Waals surface area contributed by atoms with Crippen molar-refractivity contribution in [3.05, 3.63) is 16.8 Å². The summed E-state index contributed by atoms with van der Waals surface area (Å²) in [6.07, 6.45) is 12.9. The Bertz CT molecular complexity index is 884. The van der Waals surface area contributed by atoms with Crippen molar-refractivity contribution in [3.63, 3.8) is 0 Å². The van der Waals surface area contributed by atoms with E-state index in [4.69, 9.17) is 10.5 Å². The molecule has 156 valence electrons. The number of rotatable bonds is 5. The van der Waals surface area contributed by atoms with E-state index in [0.29, 0.717) is 12.3 Å². The van der Waals surface area contributed by atoms with Gasteiger partial charge in [0.1, 0.15) is 17.3 Å². The smallest absolute Gasteiger partial charge is 0.225 e. The Morgan fingerprint density at radius 3 is 2.69 bits per heavy atom. The topological polar surface area (TPSA) is 81.3 Å². The molecule has 0 unspecified atom stereocenters. The van der Waals surface area contributed by atoms with Gasteiger partial charge >= 0.3 is 0 Å². The van der Waals surface area contributed by atoms with Crippen molar-refractivity contribution >= 4 is 27.5 Å². The van der Waals surface area contributed by atoms with Gasteiger partial charge < -0.3 is 15.4 Å². The largest absolute Gasteiger partial charge is 0.474 e. The van der Waals surface area contributed by atoms with E-state index in [1.54, 1.807) is 17.7 Å². The molecule has 0 spiro atoms. The molecule has 1 saturated heterocycles. The molecule has 5 rings (SSSR count). The molecule has 1 atom stereocenters. The first-order valence-corrected chi connectivity index (χ1v) is 12.0. The van der Waals surface area contributed by atoms with Crippen molar-refractivity contribution in [2.75, 3.05) is 13.1 Å². The normalized spacial score (nSPS) is 27.8. The zero-order chi connectivity index (χ0) is 19.8. The number of hydrogen-bond donors (Lipinski definition) is 1. The molecule has 7 heteroatoms. The molecule has 2 aromatic heterocycles. The Balaban J connectivity index is 1.32. The number of aryl methyl sites for hydroxylation is 1. The molecule has 1 saturated carbocycles. The number of fused-ring (bicyclic) bond motifs is 3. The van der Waals surface area contributed by atoms with Crippen molar-refractivity contribution in [2.45, 2.75) is 82.3 Å². The van der Waals surface area contributed by atoms with Gasteiger partial charge in [0.2, 0.25) is 11.8 Å². The van der Waals surface area contributed by atoms with E-state index in [9.17, 15) is 4.79 Å². The van der Waals surface area contributed by atoms with Crippen LogP contribution < -0.4 is 10.5 Å². The Kier molecular flexibility index (Phi) is 5.43. The minimum Gasteiger partial charge on any atom is -0.474 e. The van der Waals surface area contributed by atoms with Crippen LogP contribution in [0.3, 0.4) is 0 Å². The standard InChI is InChI=1S/C22H30N4O2S/c23-18(27)12-14-4-9-17-19(14)20-21(24-13-25-22(20)29-17)28-16-7-5-15(6-8-16)26-10-2-1-3-11-26/h13-16H,1-12H2,(H2,23,27)/t14-,15-,16-/m1/s1. The lowest BCUT2D eigenvalue weighted by Crippen LogP contribution is -2.42. The van der Waals surface area contributed by atoms with E-state index in [2.05, 4.69) is 14.9 Å². The fraction of sp³-hybridized carbons (Fsp3) is 0.682. The average Bonchev–Trinajstić information content (AvgIpc) is 3.29. The third kappa shape index (κ3) is 3.87. The van der Waals surface area contributed by atoms with Gasteiger partial charge in [0, 0.05) is 17.3 Å². The molecular formula is C22H30N4O2S. The summed E-state index contributed by atoms with van der Waals surface area (Å²) in [5.41, 5.74) is 6.73. The molecule has 29 heavy (non-hydrogen) atoms. The van der Waals surface area contributed by atoms with Gasteiger partial charge in [0.15, 0.2) is 0 Å². The summed E-state index contributed by atoms with van der Waals surface area (Å²) in [4.78, 5) is 25.6. The number of carbonyl (C=O) groups excluding carboxylic acids is 1. The van der Waals surface area contributed by atoms with Gasteiger partial charge in [-0.05, 0) is 75.9 Å². The van der Waals surface area contributed by atoms with E-state index in [0.717, 1.165) is 41.9 Å². The van der Waals surface area contributed by atoms with E-state index in [1.807, 2.05) is 0 Å². The third-order valence-electron chi connectivity index (χ3n) is 6.97. The van der Waals surface area contributed by atoms with Crippen molar-refractivity contribution in [1.82, 2.24) is 14.9 Å². The minimum absolute atomic E-state index is 0.180. The highest BCUT2D eigenvalue weighted by Gasteiger charge is 2.32. The second-order valence-corrected chi connectivity index (χ2v) is 9.93. The molecule has 2 N–H and O–H groups in total. The van der Waals surface area contributed by atoms with Gasteiger partial charge in [-0.25, -0.2) is 9.97 Å². The molecule has 2 fully saturated rings. The van der Waals surface area contributed by atoms with Gasteiger partial charge in [-0.1, -0.05) is 6.42 Å². The van der Waals surface area contributed by atoms with E-state index >= 15 is 0 Å². The molecular weight excluding hydrogens is 384 g/mol. The summed E-state index contributed by atoms with van der Waals surface area (Å²) in [6, 6.07) is 0.728.